The molecule has 2 aromatic carbocycles. The number of nitro benzene ring substituents is 1. The van der Waals surface area contributed by atoms with Gasteiger partial charge in [0, 0.05) is 27.4 Å². The average molecular weight is 298 g/mol. The monoisotopic (exact) mass is 298 g/mol. The van der Waals surface area contributed by atoms with E-state index >= 15 is 0 Å². The van der Waals surface area contributed by atoms with Crippen LogP contribution in [0.2, 0.25) is 0 Å². The van der Waals surface area contributed by atoms with Gasteiger partial charge < -0.3 is 5.11 Å². The fourth-order valence-electron chi connectivity index (χ4n) is 2.01. The Hall–Kier alpha value is -2.60. The number of nitrogens with zero attached hydrogens (tertiary/aromatic N) is 2. The molecule has 0 saturated carbocycles. The molecule has 0 saturated heterocycles. The maximum absolute atomic E-state index is 11.1. The molecule has 3 rings (SSSR count). The normalized spacial score (nSPS) is 10.7. The van der Waals surface area contributed by atoms with Crippen LogP contribution < -0.4 is 0 Å². The third kappa shape index (κ3) is 2.66. The van der Waals surface area contributed by atoms with Crippen LogP contribution in [-0.4, -0.2) is 15.0 Å². The van der Waals surface area contributed by atoms with Crippen molar-refractivity contribution in [1.29, 1.82) is 0 Å². The highest BCUT2D eigenvalue weighted by Gasteiger charge is 2.14. The Morgan fingerprint density at radius 1 is 1.10 bits per heavy atom. The molecule has 6 heteroatoms. The van der Waals surface area contributed by atoms with Gasteiger partial charge in [-0.1, -0.05) is 23.9 Å². The molecule has 1 aromatic heterocycles. The van der Waals surface area contributed by atoms with Gasteiger partial charge in [-0.3, -0.25) is 10.1 Å². The molecule has 3 aromatic rings. The number of benzene rings is 2. The minimum Gasteiger partial charge on any atom is -0.508 e. The molecule has 0 radical (unpaired) electrons. The summed E-state index contributed by atoms with van der Waals surface area (Å²) in [5.41, 5.74) is 0.381. The van der Waals surface area contributed by atoms with Gasteiger partial charge in [0.2, 0.25) is 0 Å². The molecular weight excluding hydrogens is 288 g/mol. The summed E-state index contributed by atoms with van der Waals surface area (Å²) in [7, 11) is 0. The number of aromatic hydroxyl groups is 1. The minimum atomic E-state index is -0.426. The van der Waals surface area contributed by atoms with Crippen molar-refractivity contribution in [2.45, 2.75) is 9.79 Å². The summed E-state index contributed by atoms with van der Waals surface area (Å²) in [4.78, 5) is 16.6. The van der Waals surface area contributed by atoms with Gasteiger partial charge in [0.25, 0.3) is 5.69 Å². The number of hydrogen-bond donors (Lipinski definition) is 1. The SMILES string of the molecule is O=[N+]([O-])c1cccc2c(Sc3ccc(O)cc3)ccnc12. The van der Waals surface area contributed by atoms with Gasteiger partial charge in [0.05, 0.1) is 4.92 Å². The van der Waals surface area contributed by atoms with Crippen LogP contribution in [0.1, 0.15) is 0 Å². The Morgan fingerprint density at radius 3 is 2.57 bits per heavy atom. The molecule has 1 heterocycles. The van der Waals surface area contributed by atoms with Crippen LogP contribution >= 0.6 is 11.8 Å². The molecule has 0 aliphatic heterocycles. The van der Waals surface area contributed by atoms with Gasteiger partial charge in [-0.25, -0.2) is 4.98 Å². The lowest BCUT2D eigenvalue weighted by Crippen LogP contribution is -1.92. The smallest absolute Gasteiger partial charge is 0.295 e. The molecular formula is C15H10N2O3S. The Bertz CT molecular complexity index is 819. The number of fused-ring (bicyclic) bond motifs is 1. The molecule has 5 nitrogen and oxygen atoms in total. The van der Waals surface area contributed by atoms with Crippen molar-refractivity contribution >= 4 is 28.4 Å². The largest absolute Gasteiger partial charge is 0.508 e. The molecule has 21 heavy (non-hydrogen) atoms. The second-order valence-electron chi connectivity index (χ2n) is 4.34. The fraction of sp³-hybridized carbons (Fsp3) is 0. The van der Waals surface area contributed by atoms with Crippen LogP contribution in [0, 0.1) is 10.1 Å². The molecule has 0 bridgehead atoms. The van der Waals surface area contributed by atoms with Gasteiger partial charge in [0.15, 0.2) is 0 Å². The number of rotatable bonds is 3. The Morgan fingerprint density at radius 2 is 1.86 bits per heavy atom. The van der Waals surface area contributed by atoms with Gasteiger partial charge in [-0.05, 0) is 30.3 Å². The highest BCUT2D eigenvalue weighted by molar-refractivity contribution is 7.99. The molecule has 0 aliphatic carbocycles. The summed E-state index contributed by atoms with van der Waals surface area (Å²) in [6.45, 7) is 0. The van der Waals surface area contributed by atoms with Crippen molar-refractivity contribution in [1.82, 2.24) is 4.98 Å². The highest BCUT2D eigenvalue weighted by atomic mass is 32.2. The molecule has 0 unspecified atom stereocenters. The van der Waals surface area contributed by atoms with E-state index < -0.39 is 4.92 Å². The van der Waals surface area contributed by atoms with Crippen LogP contribution in [0.15, 0.2) is 64.5 Å². The average Bonchev–Trinajstić information content (AvgIpc) is 2.49. The molecule has 0 spiro atoms. The van der Waals surface area contributed by atoms with E-state index in [1.165, 1.54) is 17.8 Å². The lowest BCUT2D eigenvalue weighted by Gasteiger charge is -2.06. The van der Waals surface area contributed by atoms with Crippen molar-refractivity contribution in [3.8, 4) is 5.75 Å². The summed E-state index contributed by atoms with van der Waals surface area (Å²) in [6.07, 6.45) is 1.57. The summed E-state index contributed by atoms with van der Waals surface area (Å²) in [5.74, 6) is 0.203. The van der Waals surface area contributed by atoms with Crippen molar-refractivity contribution in [2.75, 3.05) is 0 Å². The molecule has 0 amide bonds. The van der Waals surface area contributed by atoms with E-state index in [1.54, 1.807) is 36.5 Å². The number of phenols is 1. The lowest BCUT2D eigenvalue weighted by molar-refractivity contribution is -0.383. The zero-order valence-electron chi connectivity index (χ0n) is 10.8. The first-order chi connectivity index (χ1) is 10.1. The number of pyridine rings is 1. The Labute approximate surface area is 124 Å². The summed E-state index contributed by atoms with van der Waals surface area (Å²) < 4.78 is 0. The summed E-state index contributed by atoms with van der Waals surface area (Å²) >= 11 is 1.47. The van der Waals surface area contributed by atoms with Crippen molar-refractivity contribution in [3.05, 3.63) is 64.8 Å². The molecule has 1 N–H and O–H groups in total. The van der Waals surface area contributed by atoms with Crippen LogP contribution in [0.3, 0.4) is 0 Å². The Balaban J connectivity index is 2.09. The number of nitro groups is 1. The van der Waals surface area contributed by atoms with Gasteiger partial charge in [0.1, 0.15) is 11.3 Å². The number of phenolic OH excluding ortho intramolecular Hbond substituents is 1. The van der Waals surface area contributed by atoms with E-state index in [1.807, 2.05) is 12.1 Å². The number of para-hydroxylation sites is 1. The fourth-order valence-corrected chi connectivity index (χ4v) is 2.94. The van der Waals surface area contributed by atoms with E-state index in [-0.39, 0.29) is 11.4 Å². The van der Waals surface area contributed by atoms with Crippen molar-refractivity contribution in [3.63, 3.8) is 0 Å². The van der Waals surface area contributed by atoms with Crippen LogP contribution in [0.4, 0.5) is 5.69 Å². The first-order valence-electron chi connectivity index (χ1n) is 6.14. The second kappa shape index (κ2) is 5.41. The summed E-state index contributed by atoms with van der Waals surface area (Å²) in [6, 6.07) is 13.5. The summed E-state index contributed by atoms with van der Waals surface area (Å²) in [5, 5.41) is 21.1. The first kappa shape index (κ1) is 13.4. The van der Waals surface area contributed by atoms with E-state index in [0.29, 0.717) is 5.52 Å². The molecule has 104 valence electrons. The third-order valence-corrected chi connectivity index (χ3v) is 4.05. The van der Waals surface area contributed by atoms with Crippen LogP contribution in [0.5, 0.6) is 5.75 Å². The predicted molar refractivity (Wildman–Crippen MR) is 80.6 cm³/mol. The first-order valence-corrected chi connectivity index (χ1v) is 6.96. The van der Waals surface area contributed by atoms with Gasteiger partial charge in [-0.2, -0.15) is 0 Å². The maximum Gasteiger partial charge on any atom is 0.295 e. The topological polar surface area (TPSA) is 76.3 Å². The minimum absolute atomic E-state index is 0.000608. The van der Waals surface area contributed by atoms with Gasteiger partial charge in [-0.15, -0.1) is 0 Å². The van der Waals surface area contributed by atoms with Crippen LogP contribution in [-0.2, 0) is 0 Å². The van der Waals surface area contributed by atoms with E-state index in [4.69, 9.17) is 0 Å². The number of hydrogen-bond acceptors (Lipinski definition) is 5. The van der Waals surface area contributed by atoms with E-state index in [9.17, 15) is 15.2 Å². The van der Waals surface area contributed by atoms with E-state index in [2.05, 4.69) is 4.98 Å². The third-order valence-electron chi connectivity index (χ3n) is 2.97. The van der Waals surface area contributed by atoms with Crippen LogP contribution in [0.25, 0.3) is 10.9 Å². The second-order valence-corrected chi connectivity index (χ2v) is 5.45. The number of aromatic nitrogens is 1. The molecule has 0 aliphatic rings. The number of non-ortho nitro benzene ring substituents is 1. The zero-order valence-corrected chi connectivity index (χ0v) is 11.6. The maximum atomic E-state index is 11.1. The quantitative estimate of drug-likeness (QED) is 0.584. The predicted octanol–water partition coefficient (Wildman–Crippen LogP) is 4.00. The Kier molecular flexibility index (Phi) is 3.45. The van der Waals surface area contributed by atoms with Gasteiger partial charge >= 0.3 is 0 Å². The van der Waals surface area contributed by atoms with Crippen molar-refractivity contribution in [2.24, 2.45) is 0 Å². The standard InChI is InChI=1S/C15H10N2O3S/c18-10-4-6-11(7-5-10)21-14-8-9-16-15-12(14)2-1-3-13(15)17(19)20/h1-9,18H. The lowest BCUT2D eigenvalue weighted by atomic mass is 10.2. The molecule has 0 atom stereocenters. The highest BCUT2D eigenvalue weighted by Crippen LogP contribution is 2.35. The van der Waals surface area contributed by atoms with Crippen molar-refractivity contribution < 1.29 is 10.0 Å². The zero-order chi connectivity index (χ0) is 14.8. The van der Waals surface area contributed by atoms with E-state index in [0.717, 1.165) is 15.2 Å². The molecule has 0 fully saturated rings.